The predicted molar refractivity (Wildman–Crippen MR) is 391 cm³/mol. The molecule has 0 amide bonds. The molecule has 0 atom stereocenters. The zero-order chi connectivity index (χ0) is 71.7. The summed E-state index contributed by atoms with van der Waals surface area (Å²) < 4.78 is 65.0. The van der Waals surface area contributed by atoms with E-state index in [0.29, 0.717) is 0 Å². The van der Waals surface area contributed by atoms with Crippen LogP contribution in [0, 0.1) is 0 Å². The number of aryl methyl sites for hydroxylation is 1. The summed E-state index contributed by atoms with van der Waals surface area (Å²) in [5.41, 5.74) is 21.3. The quantitative estimate of drug-likeness (QED) is 0.0529. The molecule has 0 unspecified atom stereocenters. The average Bonchev–Trinajstić information content (AvgIpc) is 0.770. The molecule has 3 aromatic heterocycles. The molecular weight excluding hydrogens is 1250 g/mol. The molecule has 14 heteroatoms. The summed E-state index contributed by atoms with van der Waals surface area (Å²) in [6, 6.07) is 75.9. The van der Waals surface area contributed by atoms with Crippen LogP contribution in [0.15, 0.2) is 225 Å². The van der Waals surface area contributed by atoms with E-state index in [1.807, 2.05) is 28.8 Å². The van der Waals surface area contributed by atoms with Gasteiger partial charge in [-0.2, -0.15) is 0 Å². The van der Waals surface area contributed by atoms with E-state index in [1.165, 1.54) is 66.8 Å². The Hall–Kier alpha value is -8.80. The number of halogens is 6. The van der Waals surface area contributed by atoms with Crippen molar-refractivity contribution < 1.29 is 29.7 Å². The molecule has 0 spiro atoms. The van der Waals surface area contributed by atoms with E-state index in [0.717, 1.165) is 45.0 Å². The predicted octanol–water partition coefficient (Wildman–Crippen LogP) is 22.9. The minimum atomic E-state index is -10.7. The summed E-state index contributed by atoms with van der Waals surface area (Å²) >= 11 is 0. The van der Waals surface area contributed by atoms with Gasteiger partial charge in [-0.3, -0.25) is 0 Å². The zero-order valence-electron chi connectivity index (χ0n) is 60.2. The van der Waals surface area contributed by atoms with Crippen LogP contribution in [0.4, 0.5) is 25.2 Å². The van der Waals surface area contributed by atoms with Crippen molar-refractivity contribution in [2.75, 3.05) is 0 Å². The summed E-state index contributed by atoms with van der Waals surface area (Å²) in [7, 11) is -8.62. The third kappa shape index (κ3) is 16.0. The Morgan fingerprint density at radius 3 is 0.612 bits per heavy atom. The standard InChI is InChI=1S/C84H94N7.F6P/c1-77(2,3)59-20-32-65(33-21-59)83(66-34-22-60(23-35-66)78(4,5)6,67-36-24-61(25-37-67)79(7,8)9)71-44-48-73(49-45-71)90-55-75(85-87-90)57-52-58(54-89(19)53-57)76-56-91(88-86-76)74-50-46-72(47-51-74)84(68-38-26-62(27-39-68)80(10,11)12,69-40-28-63(29-41-69)81(13,14)15)70-42-30-64(31-43-70)82(16,17)18;1-7(2,3,4,5)6/h20-56H,1-19H3;/q+1;-1. The second-order valence-corrected chi connectivity index (χ2v) is 34.5. The Morgan fingerprint density at radius 1 is 0.276 bits per heavy atom. The van der Waals surface area contributed by atoms with E-state index < -0.39 is 18.6 Å². The minimum absolute atomic E-state index is 0.00786. The molecule has 512 valence electrons. The van der Waals surface area contributed by atoms with Gasteiger partial charge in [-0.25, -0.2) is 13.9 Å². The molecule has 0 aliphatic rings. The molecule has 11 aromatic rings. The molecule has 0 radical (unpaired) electrons. The molecule has 0 N–H and O–H groups in total. The van der Waals surface area contributed by atoms with Crippen LogP contribution in [0.3, 0.4) is 0 Å². The third-order valence-corrected chi connectivity index (χ3v) is 18.8. The van der Waals surface area contributed by atoms with Crippen LogP contribution in [-0.4, -0.2) is 30.0 Å². The first-order valence-electron chi connectivity index (χ1n) is 33.5. The van der Waals surface area contributed by atoms with Gasteiger partial charge in [0, 0.05) is 0 Å². The Morgan fingerprint density at radius 2 is 0.439 bits per heavy atom. The van der Waals surface area contributed by atoms with Crippen molar-refractivity contribution in [2.24, 2.45) is 7.05 Å². The normalized spacial score (nSPS) is 13.7. The molecule has 0 saturated heterocycles. The molecule has 7 nitrogen and oxygen atoms in total. The Labute approximate surface area is 576 Å². The number of hydrogen-bond donors (Lipinski definition) is 0. The molecule has 8 aromatic carbocycles. The van der Waals surface area contributed by atoms with Gasteiger partial charge in [-0.1, -0.05) is 305 Å². The fourth-order valence-corrected chi connectivity index (χ4v) is 13.1. The van der Waals surface area contributed by atoms with Gasteiger partial charge in [0.1, 0.15) is 18.4 Å². The third-order valence-electron chi connectivity index (χ3n) is 18.8. The first-order chi connectivity index (χ1) is 45.2. The fraction of sp³-hybridized carbons (Fsp3) is 0.321. The van der Waals surface area contributed by atoms with Crippen LogP contribution >= 0.6 is 7.81 Å². The monoisotopic (exact) mass is 1350 g/mol. The molecular formula is C84H94F6N7P. The molecule has 11 rings (SSSR count). The van der Waals surface area contributed by atoms with Gasteiger partial charge >= 0.3 is 33.0 Å². The number of benzene rings is 8. The van der Waals surface area contributed by atoms with E-state index in [1.54, 1.807) is 0 Å². The maximum absolute atomic E-state index is 10.7. The van der Waals surface area contributed by atoms with Gasteiger partial charge < -0.3 is 0 Å². The van der Waals surface area contributed by atoms with Crippen LogP contribution in [0.2, 0.25) is 0 Å². The van der Waals surface area contributed by atoms with E-state index in [9.17, 15) is 25.2 Å². The second-order valence-electron chi connectivity index (χ2n) is 32.6. The molecule has 3 heterocycles. The SMILES string of the molecule is C[n+]1cc(-c2cn(-c3ccc(C(c4ccc(C(C)(C)C)cc4)(c4ccc(C(C)(C)C)cc4)c4ccc(C(C)(C)C)cc4)cc3)nn2)cc(-c2cn(-c3ccc(C(c4ccc(C(C)(C)C)cc4)(c4ccc(C(C)(C)C)cc4)c4ccc(C(C)(C)C)cc4)cc3)nn2)c1.F[P-](F)(F)(F)(F)F. The zero-order valence-corrected chi connectivity index (χ0v) is 61.1. The number of pyridine rings is 1. The second kappa shape index (κ2) is 24.9. The number of aromatic nitrogens is 7. The summed E-state index contributed by atoms with van der Waals surface area (Å²) in [6.45, 7) is 41.0. The number of nitrogens with zero attached hydrogens (tertiary/aromatic N) is 7. The van der Waals surface area contributed by atoms with Gasteiger partial charge in [-0.15, -0.1) is 10.2 Å². The van der Waals surface area contributed by atoms with Crippen LogP contribution < -0.4 is 4.57 Å². The molecule has 0 aliphatic carbocycles. The van der Waals surface area contributed by atoms with Gasteiger partial charge in [0.25, 0.3) is 0 Å². The summed E-state index contributed by atoms with van der Waals surface area (Å²) in [5, 5.41) is 19.1. The van der Waals surface area contributed by atoms with Gasteiger partial charge in [0.15, 0.2) is 12.4 Å². The van der Waals surface area contributed by atoms with Gasteiger partial charge in [0.2, 0.25) is 0 Å². The Balaban J connectivity index is 0.00000141. The van der Waals surface area contributed by atoms with E-state index in [2.05, 4.69) is 342 Å². The average molecular weight is 1350 g/mol. The summed E-state index contributed by atoms with van der Waals surface area (Å²) in [5.74, 6) is 0. The first-order valence-corrected chi connectivity index (χ1v) is 35.5. The van der Waals surface area contributed by atoms with Gasteiger partial charge in [0.05, 0.1) is 45.7 Å². The van der Waals surface area contributed by atoms with Crippen molar-refractivity contribution in [3.05, 3.63) is 303 Å². The number of rotatable bonds is 12. The molecule has 98 heavy (non-hydrogen) atoms. The van der Waals surface area contributed by atoms with Crippen molar-refractivity contribution in [3.63, 3.8) is 0 Å². The Bertz CT molecular complexity index is 4020. The van der Waals surface area contributed by atoms with Crippen molar-refractivity contribution >= 4 is 7.81 Å². The van der Waals surface area contributed by atoms with E-state index in [4.69, 9.17) is 20.6 Å². The summed E-state index contributed by atoms with van der Waals surface area (Å²) in [4.78, 5) is 0. The molecule has 0 aliphatic heterocycles. The maximum atomic E-state index is 9.87. The van der Waals surface area contributed by atoms with Crippen molar-refractivity contribution in [3.8, 4) is 33.9 Å². The van der Waals surface area contributed by atoms with E-state index in [-0.39, 0.29) is 32.5 Å². The fourth-order valence-electron chi connectivity index (χ4n) is 13.1. The van der Waals surface area contributed by atoms with Gasteiger partial charge in [-0.05, 0) is 141 Å². The first kappa shape index (κ1) is 72.0. The summed E-state index contributed by atoms with van der Waals surface area (Å²) in [6.07, 6.45) is 8.18. The topological polar surface area (TPSA) is 65.3 Å². The van der Waals surface area contributed by atoms with Crippen LogP contribution in [0.1, 0.15) is 203 Å². The van der Waals surface area contributed by atoms with Crippen molar-refractivity contribution in [1.82, 2.24) is 30.0 Å². The van der Waals surface area contributed by atoms with Crippen LogP contribution in [0.25, 0.3) is 33.9 Å². The van der Waals surface area contributed by atoms with E-state index >= 15 is 0 Å². The number of hydrogen-bond acceptors (Lipinski definition) is 4. The molecule has 0 saturated carbocycles. The van der Waals surface area contributed by atoms with Crippen molar-refractivity contribution in [1.29, 1.82) is 0 Å². The Kier molecular flexibility index (Phi) is 18.3. The van der Waals surface area contributed by atoms with Crippen LogP contribution in [0.5, 0.6) is 0 Å². The molecule has 0 bridgehead atoms. The molecule has 0 fully saturated rings. The van der Waals surface area contributed by atoms with Crippen molar-refractivity contribution in [2.45, 2.75) is 168 Å². The van der Waals surface area contributed by atoms with Crippen LogP contribution in [-0.2, 0) is 50.4 Å².